The maximum Gasteiger partial charge on any atom is 0.128 e. The van der Waals surface area contributed by atoms with E-state index in [-0.39, 0.29) is 6.10 Å². The van der Waals surface area contributed by atoms with Gasteiger partial charge in [-0.2, -0.15) is 0 Å². The number of pyridine rings is 1. The van der Waals surface area contributed by atoms with E-state index < -0.39 is 0 Å². The minimum atomic E-state index is 0.167. The van der Waals surface area contributed by atoms with E-state index in [1.165, 1.54) is 0 Å². The lowest BCUT2D eigenvalue weighted by Gasteiger charge is -2.41. The fraction of sp³-hybridized carbons (Fsp3) is 0.588. The Hall–Kier alpha value is -1.99. The molecule has 7 nitrogen and oxygen atoms in total. The molecule has 0 spiro atoms. The van der Waals surface area contributed by atoms with Crippen molar-refractivity contribution in [2.75, 3.05) is 20.2 Å². The molecule has 0 unspecified atom stereocenters. The summed E-state index contributed by atoms with van der Waals surface area (Å²) in [7, 11) is 1.72. The van der Waals surface area contributed by atoms with Crippen LogP contribution in [0.25, 0.3) is 0 Å². The lowest BCUT2D eigenvalue weighted by Crippen LogP contribution is -2.48. The van der Waals surface area contributed by atoms with E-state index in [2.05, 4.69) is 27.1 Å². The molecule has 1 saturated heterocycles. The Balaban J connectivity index is 1.49. The second-order valence-corrected chi connectivity index (χ2v) is 6.66. The number of ether oxygens (including phenoxy) is 2. The Morgan fingerprint density at radius 2 is 2.21 bits per heavy atom. The van der Waals surface area contributed by atoms with Crippen molar-refractivity contribution in [3.63, 3.8) is 0 Å². The number of nitrogens with zero attached hydrogens (tertiary/aromatic N) is 5. The third kappa shape index (κ3) is 2.57. The van der Waals surface area contributed by atoms with Crippen molar-refractivity contribution in [1.29, 1.82) is 0 Å². The van der Waals surface area contributed by atoms with Crippen LogP contribution in [0.5, 0.6) is 5.75 Å². The van der Waals surface area contributed by atoms with Gasteiger partial charge in [-0.05, 0) is 20.3 Å². The Morgan fingerprint density at radius 1 is 1.33 bits per heavy atom. The molecule has 2 aliphatic heterocycles. The van der Waals surface area contributed by atoms with Crippen molar-refractivity contribution in [3.05, 3.63) is 34.9 Å². The monoisotopic (exact) mass is 329 g/mol. The molecule has 128 valence electrons. The van der Waals surface area contributed by atoms with Gasteiger partial charge in [0.15, 0.2) is 0 Å². The van der Waals surface area contributed by atoms with Crippen molar-refractivity contribution < 1.29 is 9.47 Å². The van der Waals surface area contributed by atoms with E-state index >= 15 is 0 Å². The minimum absolute atomic E-state index is 0.167. The van der Waals surface area contributed by atoms with Crippen LogP contribution in [0.4, 0.5) is 0 Å². The average molecular weight is 329 g/mol. The highest BCUT2D eigenvalue weighted by molar-refractivity contribution is 5.41. The van der Waals surface area contributed by atoms with Crippen LogP contribution in [-0.4, -0.2) is 51.2 Å². The largest absolute Gasteiger partial charge is 0.496 e. The zero-order valence-corrected chi connectivity index (χ0v) is 14.4. The van der Waals surface area contributed by atoms with E-state index in [9.17, 15) is 0 Å². The van der Waals surface area contributed by atoms with Crippen molar-refractivity contribution in [2.24, 2.45) is 0 Å². The lowest BCUT2D eigenvalue weighted by molar-refractivity contribution is -0.0706. The molecule has 0 N–H and O–H groups in total. The topological polar surface area (TPSA) is 65.3 Å². The van der Waals surface area contributed by atoms with Crippen molar-refractivity contribution >= 4 is 0 Å². The first-order valence-corrected chi connectivity index (χ1v) is 8.39. The van der Waals surface area contributed by atoms with Gasteiger partial charge < -0.3 is 9.47 Å². The number of likely N-dealkylation sites (tertiary alicyclic amines) is 1. The van der Waals surface area contributed by atoms with Crippen molar-refractivity contribution in [2.45, 2.75) is 45.6 Å². The Bertz CT molecular complexity index is 745. The molecule has 0 saturated carbocycles. The third-order valence-electron chi connectivity index (χ3n) is 5.14. The molecule has 2 aromatic rings. The summed E-state index contributed by atoms with van der Waals surface area (Å²) < 4.78 is 13.6. The van der Waals surface area contributed by atoms with Gasteiger partial charge in [-0.15, -0.1) is 5.10 Å². The summed E-state index contributed by atoms with van der Waals surface area (Å²) in [5.41, 5.74) is 4.35. The molecule has 0 bridgehead atoms. The molecule has 0 aliphatic carbocycles. The first kappa shape index (κ1) is 15.5. The molecule has 0 aromatic carbocycles. The highest BCUT2D eigenvalue weighted by atomic mass is 16.5. The summed E-state index contributed by atoms with van der Waals surface area (Å²) in [6.07, 6.45) is 4.88. The Morgan fingerprint density at radius 3 is 3.04 bits per heavy atom. The summed E-state index contributed by atoms with van der Waals surface area (Å²) >= 11 is 0. The van der Waals surface area contributed by atoms with E-state index in [0.717, 1.165) is 54.3 Å². The number of rotatable bonds is 3. The van der Waals surface area contributed by atoms with E-state index in [1.54, 1.807) is 13.3 Å². The quantitative estimate of drug-likeness (QED) is 0.853. The Kier molecular flexibility index (Phi) is 3.97. The molecule has 0 radical (unpaired) electrons. The molecule has 1 fully saturated rings. The highest BCUT2D eigenvalue weighted by Gasteiger charge is 2.36. The average Bonchev–Trinajstić information content (AvgIpc) is 3.07. The zero-order chi connectivity index (χ0) is 16.7. The van der Waals surface area contributed by atoms with Crippen molar-refractivity contribution in [3.8, 4) is 5.75 Å². The molecule has 2 atom stereocenters. The van der Waals surface area contributed by atoms with Crippen LogP contribution in [0.1, 0.15) is 35.0 Å². The van der Waals surface area contributed by atoms with Gasteiger partial charge in [0.05, 0.1) is 43.4 Å². The molecule has 7 heteroatoms. The molecular weight excluding hydrogens is 306 g/mol. The molecule has 4 heterocycles. The maximum atomic E-state index is 6.04. The summed E-state index contributed by atoms with van der Waals surface area (Å²) in [6.45, 7) is 7.42. The molecular formula is C17H23N5O2. The highest BCUT2D eigenvalue weighted by Crippen LogP contribution is 2.32. The standard InChI is InChI=1S/C17H23N5O2/c1-11-6-18-14(12(2)17(11)23-3)8-21-5-4-15-16(9-21)24-10-13-7-19-20-22(13)15/h6-7,15-16H,4-5,8-10H2,1-3H3/t15-,16-/m0/s1. The SMILES string of the molecule is COc1c(C)cnc(CN2CC[C@H]3[C@H](C2)OCc2cnnn23)c1C. The van der Waals surface area contributed by atoms with Crippen LogP contribution in [0.15, 0.2) is 12.4 Å². The normalized spacial score (nSPS) is 23.6. The minimum Gasteiger partial charge on any atom is -0.496 e. The number of methoxy groups -OCH3 is 1. The van der Waals surface area contributed by atoms with E-state index in [4.69, 9.17) is 9.47 Å². The van der Waals surface area contributed by atoms with Crippen LogP contribution in [-0.2, 0) is 17.9 Å². The van der Waals surface area contributed by atoms with Crippen LogP contribution in [0.2, 0.25) is 0 Å². The fourth-order valence-electron chi connectivity index (χ4n) is 3.84. The van der Waals surface area contributed by atoms with E-state index in [0.29, 0.717) is 12.6 Å². The zero-order valence-electron chi connectivity index (χ0n) is 14.4. The lowest BCUT2D eigenvalue weighted by atomic mass is 9.99. The van der Waals surface area contributed by atoms with Gasteiger partial charge in [-0.25, -0.2) is 4.68 Å². The first-order valence-electron chi connectivity index (χ1n) is 8.39. The molecule has 2 aliphatic rings. The van der Waals surface area contributed by atoms with Gasteiger partial charge in [0.1, 0.15) is 5.75 Å². The van der Waals surface area contributed by atoms with Crippen LogP contribution in [0.3, 0.4) is 0 Å². The van der Waals surface area contributed by atoms with Crippen molar-refractivity contribution in [1.82, 2.24) is 24.9 Å². The predicted octanol–water partition coefficient (Wildman–Crippen LogP) is 1.64. The van der Waals surface area contributed by atoms with Gasteiger partial charge in [0, 0.05) is 37.0 Å². The molecule has 2 aromatic heterocycles. The smallest absolute Gasteiger partial charge is 0.128 e. The van der Waals surface area contributed by atoms with Gasteiger partial charge in [-0.3, -0.25) is 9.88 Å². The summed E-state index contributed by atoms with van der Waals surface area (Å²) in [6, 6.07) is 0.300. The van der Waals surface area contributed by atoms with Gasteiger partial charge >= 0.3 is 0 Å². The van der Waals surface area contributed by atoms with Gasteiger partial charge in [0.2, 0.25) is 0 Å². The fourth-order valence-corrected chi connectivity index (χ4v) is 3.84. The maximum absolute atomic E-state index is 6.04. The Labute approximate surface area is 141 Å². The third-order valence-corrected chi connectivity index (χ3v) is 5.14. The van der Waals surface area contributed by atoms with Crippen LogP contribution >= 0.6 is 0 Å². The summed E-state index contributed by atoms with van der Waals surface area (Å²) in [5, 5.41) is 8.25. The number of aryl methyl sites for hydroxylation is 1. The summed E-state index contributed by atoms with van der Waals surface area (Å²) in [5.74, 6) is 0.941. The molecule has 24 heavy (non-hydrogen) atoms. The number of hydrogen-bond donors (Lipinski definition) is 0. The second-order valence-electron chi connectivity index (χ2n) is 6.66. The summed E-state index contributed by atoms with van der Waals surface area (Å²) in [4.78, 5) is 7.03. The number of piperidine rings is 1. The first-order chi connectivity index (χ1) is 11.7. The molecule has 4 rings (SSSR count). The van der Waals surface area contributed by atoms with Crippen LogP contribution in [0, 0.1) is 13.8 Å². The number of fused-ring (bicyclic) bond motifs is 3. The second kappa shape index (κ2) is 6.14. The van der Waals surface area contributed by atoms with Crippen LogP contribution < -0.4 is 4.74 Å². The number of aromatic nitrogens is 4. The van der Waals surface area contributed by atoms with Gasteiger partial charge in [-0.1, -0.05) is 5.21 Å². The van der Waals surface area contributed by atoms with E-state index in [1.807, 2.05) is 17.8 Å². The number of hydrogen-bond acceptors (Lipinski definition) is 6. The van der Waals surface area contributed by atoms with Gasteiger partial charge in [0.25, 0.3) is 0 Å². The molecule has 0 amide bonds. The predicted molar refractivity (Wildman–Crippen MR) is 87.8 cm³/mol.